The monoisotopic (exact) mass is 349 g/mol. The van der Waals surface area contributed by atoms with Gasteiger partial charge in [-0.15, -0.1) is 0 Å². The topological polar surface area (TPSA) is 56.2 Å². The van der Waals surface area contributed by atoms with Crippen LogP contribution < -0.4 is 5.32 Å². The van der Waals surface area contributed by atoms with Gasteiger partial charge in [0, 0.05) is 37.0 Å². The molecule has 1 aromatic heterocycles. The van der Waals surface area contributed by atoms with Crippen LogP contribution in [-0.2, 0) is 11.8 Å². The lowest BCUT2D eigenvalue weighted by molar-refractivity contribution is 0.0907. The Balaban J connectivity index is 2.11. The first-order chi connectivity index (χ1) is 11.5. The smallest absolute Gasteiger partial charge is 0.255 e. The summed E-state index contributed by atoms with van der Waals surface area (Å²) in [6.45, 7) is 6.84. The summed E-state index contributed by atoms with van der Waals surface area (Å²) in [7, 11) is 1.78. The van der Waals surface area contributed by atoms with E-state index in [4.69, 9.17) is 16.3 Å². The van der Waals surface area contributed by atoms with Crippen molar-refractivity contribution in [2.75, 3.05) is 13.2 Å². The number of allylic oxidation sites excluding steroid dienone is 5. The molecule has 1 saturated heterocycles. The van der Waals surface area contributed by atoms with E-state index in [-0.39, 0.29) is 12.0 Å². The van der Waals surface area contributed by atoms with Crippen molar-refractivity contribution >= 4 is 23.1 Å². The van der Waals surface area contributed by atoms with Crippen LogP contribution in [0.25, 0.3) is 5.57 Å². The van der Waals surface area contributed by atoms with Gasteiger partial charge in [0.2, 0.25) is 0 Å². The Labute approximate surface area is 148 Å². The lowest BCUT2D eigenvalue weighted by Gasteiger charge is -2.10. The van der Waals surface area contributed by atoms with E-state index in [1.165, 1.54) is 0 Å². The fourth-order valence-electron chi connectivity index (χ4n) is 2.69. The molecule has 0 aromatic carbocycles. The van der Waals surface area contributed by atoms with Gasteiger partial charge in [-0.25, -0.2) is 0 Å². The zero-order chi connectivity index (χ0) is 17.5. The number of aryl methyl sites for hydroxylation is 1. The fourth-order valence-corrected chi connectivity index (χ4v) is 2.84. The summed E-state index contributed by atoms with van der Waals surface area (Å²) in [5.74, 6) is -0.154. The quantitative estimate of drug-likeness (QED) is 0.767. The molecule has 1 aliphatic rings. The van der Waals surface area contributed by atoms with Crippen LogP contribution in [0.5, 0.6) is 0 Å². The van der Waals surface area contributed by atoms with Crippen molar-refractivity contribution in [2.24, 2.45) is 7.05 Å². The molecule has 2 rings (SSSR count). The molecule has 6 heteroatoms. The Morgan fingerprint density at radius 1 is 1.62 bits per heavy atom. The maximum atomic E-state index is 12.5. The van der Waals surface area contributed by atoms with E-state index in [9.17, 15) is 4.79 Å². The summed E-state index contributed by atoms with van der Waals surface area (Å²) < 4.78 is 7.19. The highest BCUT2D eigenvalue weighted by molar-refractivity contribution is 6.33. The van der Waals surface area contributed by atoms with Gasteiger partial charge in [-0.1, -0.05) is 36.4 Å². The fraction of sp³-hybridized carbons (Fsp3) is 0.444. The summed E-state index contributed by atoms with van der Waals surface area (Å²) in [6.07, 6.45) is 10.2. The average Bonchev–Trinajstić information content (AvgIpc) is 3.17. The van der Waals surface area contributed by atoms with E-state index in [1.807, 2.05) is 0 Å². The van der Waals surface area contributed by atoms with Gasteiger partial charge in [-0.2, -0.15) is 5.10 Å². The van der Waals surface area contributed by atoms with Crippen LogP contribution in [0, 0.1) is 0 Å². The predicted molar refractivity (Wildman–Crippen MR) is 96.9 cm³/mol. The van der Waals surface area contributed by atoms with Crippen molar-refractivity contribution in [3.05, 3.63) is 47.3 Å². The van der Waals surface area contributed by atoms with E-state index in [0.717, 1.165) is 25.9 Å². The molecule has 1 unspecified atom stereocenters. The summed E-state index contributed by atoms with van der Waals surface area (Å²) in [5.41, 5.74) is 1.78. The highest BCUT2D eigenvalue weighted by atomic mass is 35.5. The van der Waals surface area contributed by atoms with Gasteiger partial charge >= 0.3 is 0 Å². The van der Waals surface area contributed by atoms with Gasteiger partial charge < -0.3 is 10.1 Å². The SMILES string of the molecule is C=C/C=C\C(=C(/C)Cl)c1nn(C)cc1C(=O)NCCC1CCCO1. The molecule has 0 aliphatic carbocycles. The van der Waals surface area contributed by atoms with Crippen LogP contribution in [0.1, 0.15) is 42.2 Å². The van der Waals surface area contributed by atoms with Crippen molar-refractivity contribution in [3.63, 3.8) is 0 Å². The standard InChI is InChI=1S/C18H24ClN3O2/c1-4-5-8-15(13(2)19)17-16(12-22(3)21-17)18(23)20-10-9-14-7-6-11-24-14/h4-5,8,12,14H,1,6-7,9-11H2,2-3H3,(H,20,23)/b8-5-,15-13-. The highest BCUT2D eigenvalue weighted by Crippen LogP contribution is 2.24. The third kappa shape index (κ3) is 4.82. The molecule has 0 radical (unpaired) electrons. The van der Waals surface area contributed by atoms with Crippen LogP contribution in [0.4, 0.5) is 0 Å². The largest absolute Gasteiger partial charge is 0.378 e. The third-order valence-electron chi connectivity index (χ3n) is 3.87. The Morgan fingerprint density at radius 2 is 2.42 bits per heavy atom. The van der Waals surface area contributed by atoms with Crippen LogP contribution in [0.2, 0.25) is 0 Å². The van der Waals surface area contributed by atoms with Gasteiger partial charge in [-0.3, -0.25) is 9.48 Å². The molecule has 0 bridgehead atoms. The molecule has 130 valence electrons. The number of nitrogens with zero attached hydrogens (tertiary/aromatic N) is 2. The molecule has 1 amide bonds. The molecule has 1 aromatic rings. The minimum Gasteiger partial charge on any atom is -0.378 e. The van der Waals surface area contributed by atoms with E-state index in [0.29, 0.717) is 28.4 Å². The molecule has 1 atom stereocenters. The first kappa shape index (κ1) is 18.5. The highest BCUT2D eigenvalue weighted by Gasteiger charge is 2.20. The number of ether oxygens (including phenoxy) is 1. The molecule has 1 fully saturated rings. The second kappa shape index (κ2) is 8.85. The summed E-state index contributed by atoms with van der Waals surface area (Å²) in [4.78, 5) is 12.5. The van der Waals surface area contributed by atoms with E-state index < -0.39 is 0 Å². The molecule has 2 heterocycles. The predicted octanol–water partition coefficient (Wildman–Crippen LogP) is 3.43. The van der Waals surface area contributed by atoms with E-state index >= 15 is 0 Å². The number of carbonyl (C=O) groups excluding carboxylic acids is 1. The Bertz CT molecular complexity index is 651. The van der Waals surface area contributed by atoms with E-state index in [2.05, 4.69) is 17.0 Å². The average molecular weight is 350 g/mol. The number of hydrogen-bond acceptors (Lipinski definition) is 3. The number of carbonyl (C=O) groups is 1. The molecule has 24 heavy (non-hydrogen) atoms. The molecule has 1 N–H and O–H groups in total. The number of hydrogen-bond donors (Lipinski definition) is 1. The normalized spacial score (nSPS) is 18.7. The number of amides is 1. The maximum Gasteiger partial charge on any atom is 0.255 e. The van der Waals surface area contributed by atoms with Crippen molar-refractivity contribution in [3.8, 4) is 0 Å². The minimum absolute atomic E-state index is 0.154. The van der Waals surface area contributed by atoms with Gasteiger partial charge in [-0.05, 0) is 26.2 Å². The lowest BCUT2D eigenvalue weighted by atomic mass is 10.1. The molecule has 0 saturated carbocycles. The Kier molecular flexibility index (Phi) is 6.82. The van der Waals surface area contributed by atoms with Crippen LogP contribution in [0.3, 0.4) is 0 Å². The van der Waals surface area contributed by atoms with Crippen molar-refractivity contribution in [2.45, 2.75) is 32.3 Å². The van der Waals surface area contributed by atoms with Crippen molar-refractivity contribution in [1.29, 1.82) is 0 Å². The third-order valence-corrected chi connectivity index (χ3v) is 4.08. The Morgan fingerprint density at radius 3 is 3.04 bits per heavy atom. The number of nitrogens with one attached hydrogen (secondary N) is 1. The van der Waals surface area contributed by atoms with Crippen molar-refractivity contribution < 1.29 is 9.53 Å². The Hall–Kier alpha value is -1.85. The second-order valence-electron chi connectivity index (χ2n) is 5.79. The van der Waals surface area contributed by atoms with Gasteiger partial charge in [0.05, 0.1) is 11.7 Å². The van der Waals surface area contributed by atoms with E-state index in [1.54, 1.807) is 43.1 Å². The maximum absolute atomic E-state index is 12.5. The van der Waals surface area contributed by atoms with Crippen molar-refractivity contribution in [1.82, 2.24) is 15.1 Å². The first-order valence-electron chi connectivity index (χ1n) is 8.12. The van der Waals surface area contributed by atoms with Crippen LogP contribution in [0.15, 0.2) is 36.0 Å². The molecular weight excluding hydrogens is 326 g/mol. The zero-order valence-corrected chi connectivity index (χ0v) is 15.0. The van der Waals surface area contributed by atoms with Gasteiger partial charge in [0.15, 0.2) is 0 Å². The van der Waals surface area contributed by atoms with Gasteiger partial charge in [0.1, 0.15) is 5.69 Å². The molecule has 0 spiro atoms. The number of halogens is 1. The second-order valence-corrected chi connectivity index (χ2v) is 6.35. The summed E-state index contributed by atoms with van der Waals surface area (Å²) >= 11 is 6.19. The summed E-state index contributed by atoms with van der Waals surface area (Å²) in [6, 6.07) is 0. The zero-order valence-electron chi connectivity index (χ0n) is 14.2. The summed E-state index contributed by atoms with van der Waals surface area (Å²) in [5, 5.41) is 7.91. The van der Waals surface area contributed by atoms with Crippen LogP contribution >= 0.6 is 11.6 Å². The first-order valence-corrected chi connectivity index (χ1v) is 8.50. The molecule has 1 aliphatic heterocycles. The minimum atomic E-state index is -0.154. The van der Waals surface area contributed by atoms with Gasteiger partial charge in [0.25, 0.3) is 5.91 Å². The lowest BCUT2D eigenvalue weighted by Crippen LogP contribution is -2.27. The molecule has 5 nitrogen and oxygen atoms in total. The number of aromatic nitrogens is 2. The molecular formula is C18H24ClN3O2. The van der Waals surface area contributed by atoms with Crippen LogP contribution in [-0.4, -0.2) is 34.9 Å². The number of rotatable bonds is 7.